The summed E-state index contributed by atoms with van der Waals surface area (Å²) in [5.74, 6) is 2.48. The molecule has 1 amide bonds. The first-order chi connectivity index (χ1) is 13.6. The van der Waals surface area contributed by atoms with Crippen molar-refractivity contribution in [3.63, 3.8) is 0 Å². The van der Waals surface area contributed by atoms with Crippen molar-refractivity contribution in [3.8, 4) is 17.2 Å². The maximum atomic E-state index is 13.2. The van der Waals surface area contributed by atoms with E-state index in [1.807, 2.05) is 54.3 Å². The lowest BCUT2D eigenvalue weighted by Gasteiger charge is -2.28. The highest BCUT2D eigenvalue weighted by Gasteiger charge is 2.34. The summed E-state index contributed by atoms with van der Waals surface area (Å²) in [6, 6.07) is 13.7. The second-order valence-corrected chi connectivity index (χ2v) is 8.15. The van der Waals surface area contributed by atoms with Gasteiger partial charge < -0.3 is 19.1 Å². The summed E-state index contributed by atoms with van der Waals surface area (Å²) >= 11 is 1.57. The van der Waals surface area contributed by atoms with Gasteiger partial charge in [-0.15, -0.1) is 11.8 Å². The summed E-state index contributed by atoms with van der Waals surface area (Å²) in [5, 5.41) is -0.168. The fraction of sp³-hybridized carbons (Fsp3) is 0.409. The van der Waals surface area contributed by atoms with E-state index >= 15 is 0 Å². The number of carbonyl (C=O) groups is 1. The van der Waals surface area contributed by atoms with E-state index in [2.05, 4.69) is 0 Å². The van der Waals surface area contributed by atoms with E-state index in [0.717, 1.165) is 47.1 Å². The molecule has 28 heavy (non-hydrogen) atoms. The third-order valence-electron chi connectivity index (χ3n) is 5.06. The minimum Gasteiger partial charge on any atom is -0.497 e. The molecule has 2 aromatic rings. The Bertz CT molecular complexity index is 809. The number of nitrogens with zero attached hydrogens (tertiary/aromatic N) is 1. The van der Waals surface area contributed by atoms with Crippen LogP contribution in [0.5, 0.6) is 17.2 Å². The predicted octanol–water partition coefficient (Wildman–Crippen LogP) is 4.56. The molecule has 1 aliphatic rings. The molecule has 1 fully saturated rings. The van der Waals surface area contributed by atoms with Gasteiger partial charge >= 0.3 is 0 Å². The van der Waals surface area contributed by atoms with E-state index in [1.165, 1.54) is 0 Å². The molecule has 0 bridgehead atoms. The molecule has 3 rings (SSSR count). The maximum Gasteiger partial charge on any atom is 0.236 e. The number of rotatable bonds is 7. The van der Waals surface area contributed by atoms with Crippen LogP contribution in [0.1, 0.15) is 31.4 Å². The Morgan fingerprint density at radius 1 is 1.04 bits per heavy atom. The van der Waals surface area contributed by atoms with Crippen molar-refractivity contribution in [1.29, 1.82) is 0 Å². The Labute approximate surface area is 171 Å². The largest absolute Gasteiger partial charge is 0.497 e. The SMILES string of the molecule is COc1ccc(SC(C)C(=O)N2CCCC2c2ccc(OC)cc2OC)cc1. The van der Waals surface area contributed by atoms with Crippen molar-refractivity contribution in [2.45, 2.75) is 36.0 Å². The molecule has 5 nitrogen and oxygen atoms in total. The normalized spacial score (nSPS) is 17.3. The van der Waals surface area contributed by atoms with Gasteiger partial charge in [-0.25, -0.2) is 0 Å². The minimum absolute atomic E-state index is 0.0345. The number of hydrogen-bond acceptors (Lipinski definition) is 5. The summed E-state index contributed by atoms with van der Waals surface area (Å²) < 4.78 is 16.1. The van der Waals surface area contributed by atoms with Crippen LogP contribution in [0.3, 0.4) is 0 Å². The van der Waals surface area contributed by atoms with E-state index in [0.29, 0.717) is 0 Å². The second-order valence-electron chi connectivity index (χ2n) is 6.73. The maximum absolute atomic E-state index is 13.2. The molecule has 0 aromatic heterocycles. The Kier molecular flexibility index (Phi) is 6.73. The van der Waals surface area contributed by atoms with Gasteiger partial charge in [-0.2, -0.15) is 0 Å². The molecule has 0 saturated carbocycles. The molecule has 1 heterocycles. The van der Waals surface area contributed by atoms with Crippen molar-refractivity contribution in [1.82, 2.24) is 4.90 Å². The number of ether oxygens (including phenoxy) is 3. The molecular weight excluding hydrogens is 374 g/mol. The lowest BCUT2D eigenvalue weighted by Crippen LogP contribution is -2.36. The number of benzene rings is 2. The second kappa shape index (κ2) is 9.24. The van der Waals surface area contributed by atoms with Crippen LogP contribution in [-0.4, -0.2) is 43.9 Å². The van der Waals surface area contributed by atoms with Gasteiger partial charge in [0, 0.05) is 23.1 Å². The van der Waals surface area contributed by atoms with Gasteiger partial charge in [-0.1, -0.05) is 0 Å². The van der Waals surface area contributed by atoms with Gasteiger partial charge in [0.1, 0.15) is 17.2 Å². The Morgan fingerprint density at radius 2 is 1.71 bits per heavy atom. The van der Waals surface area contributed by atoms with Crippen LogP contribution >= 0.6 is 11.8 Å². The number of thioether (sulfide) groups is 1. The summed E-state index contributed by atoms with van der Waals surface area (Å²) in [6.07, 6.45) is 1.93. The lowest BCUT2D eigenvalue weighted by atomic mass is 10.0. The van der Waals surface area contributed by atoms with E-state index in [1.54, 1.807) is 33.1 Å². The van der Waals surface area contributed by atoms with Crippen LogP contribution in [0.25, 0.3) is 0 Å². The van der Waals surface area contributed by atoms with Crippen molar-refractivity contribution in [3.05, 3.63) is 48.0 Å². The summed E-state index contributed by atoms with van der Waals surface area (Å²) in [7, 11) is 4.94. The molecule has 0 N–H and O–H groups in total. The van der Waals surface area contributed by atoms with Crippen molar-refractivity contribution < 1.29 is 19.0 Å². The highest BCUT2D eigenvalue weighted by molar-refractivity contribution is 8.00. The first-order valence-corrected chi connectivity index (χ1v) is 10.3. The van der Waals surface area contributed by atoms with Gasteiger partial charge in [0.15, 0.2) is 0 Å². The van der Waals surface area contributed by atoms with Gasteiger partial charge in [0.25, 0.3) is 0 Å². The molecule has 150 valence electrons. The van der Waals surface area contributed by atoms with Crippen molar-refractivity contribution in [2.24, 2.45) is 0 Å². The van der Waals surface area contributed by atoms with Crippen LogP contribution in [0.4, 0.5) is 0 Å². The molecule has 2 aromatic carbocycles. The first-order valence-electron chi connectivity index (χ1n) is 9.40. The number of likely N-dealkylation sites (tertiary alicyclic amines) is 1. The number of amides is 1. The van der Waals surface area contributed by atoms with E-state index in [-0.39, 0.29) is 17.2 Å². The fourth-order valence-electron chi connectivity index (χ4n) is 3.59. The third-order valence-corrected chi connectivity index (χ3v) is 6.16. The number of carbonyl (C=O) groups excluding carboxylic acids is 1. The van der Waals surface area contributed by atoms with Crippen molar-refractivity contribution in [2.75, 3.05) is 27.9 Å². The summed E-state index contributed by atoms with van der Waals surface area (Å²) in [5.41, 5.74) is 1.04. The molecular formula is C22H27NO4S. The molecule has 6 heteroatoms. The van der Waals surface area contributed by atoms with Gasteiger partial charge in [-0.05, 0) is 56.2 Å². The molecule has 2 atom stereocenters. The van der Waals surface area contributed by atoms with Crippen LogP contribution in [0.2, 0.25) is 0 Å². The molecule has 0 spiro atoms. The Morgan fingerprint density at radius 3 is 2.36 bits per heavy atom. The van der Waals surface area contributed by atoms with Crippen LogP contribution in [-0.2, 0) is 4.79 Å². The molecule has 0 radical (unpaired) electrons. The van der Waals surface area contributed by atoms with Gasteiger partial charge in [0.2, 0.25) is 5.91 Å². The highest BCUT2D eigenvalue weighted by Crippen LogP contribution is 2.40. The zero-order valence-corrected chi connectivity index (χ0v) is 17.6. The lowest BCUT2D eigenvalue weighted by molar-refractivity contribution is -0.131. The number of methoxy groups -OCH3 is 3. The molecule has 1 saturated heterocycles. The first kappa shape index (κ1) is 20.4. The highest BCUT2D eigenvalue weighted by atomic mass is 32.2. The Hall–Kier alpha value is -2.34. The monoisotopic (exact) mass is 401 g/mol. The topological polar surface area (TPSA) is 48.0 Å². The molecule has 2 unspecified atom stereocenters. The molecule has 0 aliphatic carbocycles. The van der Waals surface area contributed by atoms with E-state index < -0.39 is 0 Å². The zero-order chi connectivity index (χ0) is 20.1. The quantitative estimate of drug-likeness (QED) is 0.637. The summed E-state index contributed by atoms with van der Waals surface area (Å²) in [4.78, 5) is 16.2. The molecule has 1 aliphatic heterocycles. The predicted molar refractivity (Wildman–Crippen MR) is 112 cm³/mol. The van der Waals surface area contributed by atoms with Gasteiger partial charge in [-0.3, -0.25) is 4.79 Å². The minimum atomic E-state index is -0.168. The van der Waals surface area contributed by atoms with Crippen LogP contribution in [0, 0.1) is 0 Å². The average molecular weight is 402 g/mol. The standard InChI is InChI=1S/C22H27NO4S/c1-15(28-18-10-7-16(25-2)8-11-18)22(24)23-13-5-6-20(23)19-12-9-17(26-3)14-21(19)27-4/h7-12,14-15,20H,5-6,13H2,1-4H3. The fourth-order valence-corrected chi connectivity index (χ4v) is 4.53. The zero-order valence-electron chi connectivity index (χ0n) is 16.8. The Balaban J connectivity index is 1.75. The van der Waals surface area contributed by atoms with Crippen LogP contribution < -0.4 is 14.2 Å². The van der Waals surface area contributed by atoms with E-state index in [4.69, 9.17) is 14.2 Å². The average Bonchev–Trinajstić information content (AvgIpc) is 3.22. The third kappa shape index (κ3) is 4.38. The van der Waals surface area contributed by atoms with E-state index in [9.17, 15) is 4.79 Å². The number of hydrogen-bond donors (Lipinski definition) is 0. The van der Waals surface area contributed by atoms with Gasteiger partial charge in [0.05, 0.1) is 32.6 Å². The smallest absolute Gasteiger partial charge is 0.236 e. The van der Waals surface area contributed by atoms with Crippen molar-refractivity contribution >= 4 is 17.7 Å². The van der Waals surface area contributed by atoms with Crippen LogP contribution in [0.15, 0.2) is 47.4 Å². The summed E-state index contributed by atoms with van der Waals surface area (Å²) in [6.45, 7) is 2.74.